The van der Waals surface area contributed by atoms with Crippen LogP contribution in [0.2, 0.25) is 0 Å². The molecule has 2 heterocycles. The van der Waals surface area contributed by atoms with Crippen LogP contribution in [-0.2, 0) is 20.9 Å². The van der Waals surface area contributed by atoms with E-state index in [1.807, 2.05) is 0 Å². The van der Waals surface area contributed by atoms with E-state index in [4.69, 9.17) is 4.74 Å². The lowest BCUT2D eigenvalue weighted by Crippen LogP contribution is -2.47. The lowest BCUT2D eigenvalue weighted by atomic mass is 9.99. The van der Waals surface area contributed by atoms with Crippen molar-refractivity contribution in [2.24, 2.45) is 0 Å². The maximum Gasteiger partial charge on any atom is 0.307 e. The van der Waals surface area contributed by atoms with Crippen molar-refractivity contribution in [3.05, 3.63) is 28.2 Å². The molecule has 1 aromatic rings. The van der Waals surface area contributed by atoms with Gasteiger partial charge in [-0.3, -0.25) is 14.4 Å². The summed E-state index contributed by atoms with van der Waals surface area (Å²) in [6.45, 7) is 4.37. The van der Waals surface area contributed by atoms with Crippen molar-refractivity contribution in [1.82, 2.24) is 14.7 Å². The molecule has 2 rings (SSSR count). The molecule has 0 bridgehead atoms. The number of ether oxygens (including phenoxy) is 1. The highest BCUT2D eigenvalue weighted by molar-refractivity contribution is 5.78. The zero-order valence-electron chi connectivity index (χ0n) is 13.7. The number of esters is 1. The molecule has 1 amide bonds. The lowest BCUT2D eigenvalue weighted by Gasteiger charge is -2.35. The molecule has 1 aliphatic rings. The van der Waals surface area contributed by atoms with E-state index >= 15 is 0 Å². The van der Waals surface area contributed by atoms with Gasteiger partial charge in [-0.15, -0.1) is 0 Å². The van der Waals surface area contributed by atoms with Crippen LogP contribution in [-0.4, -0.2) is 45.8 Å². The highest BCUT2D eigenvalue weighted by Crippen LogP contribution is 2.20. The van der Waals surface area contributed by atoms with E-state index in [-0.39, 0.29) is 36.4 Å². The van der Waals surface area contributed by atoms with Crippen LogP contribution in [0.1, 0.15) is 38.3 Å². The van der Waals surface area contributed by atoms with E-state index in [0.29, 0.717) is 18.8 Å². The second kappa shape index (κ2) is 7.89. The van der Waals surface area contributed by atoms with Crippen molar-refractivity contribution in [3.63, 3.8) is 0 Å². The number of carbonyl (C=O) groups is 2. The molecular formula is C16H23N3O4. The van der Waals surface area contributed by atoms with Gasteiger partial charge in [0.15, 0.2) is 0 Å². The number of hydrogen-bond donors (Lipinski definition) is 0. The van der Waals surface area contributed by atoms with Gasteiger partial charge >= 0.3 is 5.97 Å². The zero-order valence-corrected chi connectivity index (χ0v) is 13.7. The maximum atomic E-state index is 12.6. The summed E-state index contributed by atoms with van der Waals surface area (Å²) in [6, 6.07) is 2.87. The standard InChI is InChI=1S/C16H23N3O4/c1-3-23-16(22)10-13-6-4-5-9-18(13)15(21)11-19-14(20)8-7-12(2)17-19/h7-8,13H,3-6,9-11H2,1-2H3. The topological polar surface area (TPSA) is 81.5 Å². The molecular weight excluding hydrogens is 298 g/mol. The number of nitrogens with zero attached hydrogens (tertiary/aromatic N) is 3. The molecule has 0 aliphatic carbocycles. The van der Waals surface area contributed by atoms with Crippen molar-refractivity contribution in [2.75, 3.05) is 13.2 Å². The summed E-state index contributed by atoms with van der Waals surface area (Å²) >= 11 is 0. The Hall–Kier alpha value is -2.18. The Morgan fingerprint density at radius 3 is 2.87 bits per heavy atom. The molecule has 0 spiro atoms. The fourth-order valence-corrected chi connectivity index (χ4v) is 2.84. The van der Waals surface area contributed by atoms with Gasteiger partial charge in [-0.2, -0.15) is 5.10 Å². The Labute approximate surface area is 135 Å². The molecule has 1 aromatic heterocycles. The predicted octanol–water partition coefficient (Wildman–Crippen LogP) is 0.886. The first kappa shape index (κ1) is 17.2. The highest BCUT2D eigenvalue weighted by atomic mass is 16.5. The molecule has 126 valence electrons. The smallest absolute Gasteiger partial charge is 0.307 e. The molecule has 7 nitrogen and oxygen atoms in total. The maximum absolute atomic E-state index is 12.6. The van der Waals surface area contributed by atoms with Gasteiger partial charge in [0.1, 0.15) is 6.54 Å². The average molecular weight is 321 g/mol. The van der Waals surface area contributed by atoms with E-state index in [9.17, 15) is 14.4 Å². The third kappa shape index (κ3) is 4.64. The van der Waals surface area contributed by atoms with Crippen LogP contribution in [0.25, 0.3) is 0 Å². The number of likely N-dealkylation sites (tertiary alicyclic amines) is 1. The molecule has 23 heavy (non-hydrogen) atoms. The van der Waals surface area contributed by atoms with E-state index in [0.717, 1.165) is 19.3 Å². The van der Waals surface area contributed by atoms with Crippen molar-refractivity contribution < 1.29 is 14.3 Å². The van der Waals surface area contributed by atoms with Gasteiger partial charge in [-0.25, -0.2) is 4.68 Å². The number of amides is 1. The molecule has 1 atom stereocenters. The van der Waals surface area contributed by atoms with Gasteiger partial charge in [0, 0.05) is 18.7 Å². The van der Waals surface area contributed by atoms with Crippen LogP contribution in [0.15, 0.2) is 16.9 Å². The number of aromatic nitrogens is 2. The minimum Gasteiger partial charge on any atom is -0.466 e. The Balaban J connectivity index is 2.07. The Bertz CT molecular complexity index is 626. The fraction of sp³-hybridized carbons (Fsp3) is 0.625. The van der Waals surface area contributed by atoms with Gasteiger partial charge in [0.25, 0.3) is 5.56 Å². The van der Waals surface area contributed by atoms with Gasteiger partial charge in [0.2, 0.25) is 5.91 Å². The van der Waals surface area contributed by atoms with Gasteiger partial charge in [0.05, 0.1) is 18.7 Å². The van der Waals surface area contributed by atoms with Crippen molar-refractivity contribution in [1.29, 1.82) is 0 Å². The first-order chi connectivity index (χ1) is 11.0. The van der Waals surface area contributed by atoms with Crippen molar-refractivity contribution >= 4 is 11.9 Å². The van der Waals surface area contributed by atoms with Crippen molar-refractivity contribution in [2.45, 2.75) is 52.1 Å². The second-order valence-corrected chi connectivity index (χ2v) is 5.72. The minimum absolute atomic E-state index is 0.0974. The SMILES string of the molecule is CCOC(=O)CC1CCCCN1C(=O)Cn1nc(C)ccc1=O. The fourth-order valence-electron chi connectivity index (χ4n) is 2.84. The second-order valence-electron chi connectivity index (χ2n) is 5.72. The molecule has 7 heteroatoms. The van der Waals surface area contributed by atoms with Crippen LogP contribution in [0.5, 0.6) is 0 Å². The van der Waals surface area contributed by atoms with Gasteiger partial charge < -0.3 is 9.64 Å². The summed E-state index contributed by atoms with van der Waals surface area (Å²) < 4.78 is 6.16. The van der Waals surface area contributed by atoms with Crippen LogP contribution in [0, 0.1) is 6.92 Å². The number of piperidine rings is 1. The van der Waals surface area contributed by atoms with Gasteiger partial charge in [-0.05, 0) is 39.2 Å². The van der Waals surface area contributed by atoms with Crippen molar-refractivity contribution in [3.8, 4) is 0 Å². The largest absolute Gasteiger partial charge is 0.466 e. The summed E-state index contributed by atoms with van der Waals surface area (Å²) in [4.78, 5) is 37.7. The van der Waals surface area contributed by atoms with Crippen LogP contribution in [0.3, 0.4) is 0 Å². The van der Waals surface area contributed by atoms with E-state index in [1.165, 1.54) is 10.7 Å². The zero-order chi connectivity index (χ0) is 16.8. The number of rotatable bonds is 5. The molecule has 0 N–H and O–H groups in total. The first-order valence-electron chi connectivity index (χ1n) is 8.01. The van der Waals surface area contributed by atoms with Crippen LogP contribution >= 0.6 is 0 Å². The average Bonchev–Trinajstić information content (AvgIpc) is 2.51. The lowest BCUT2D eigenvalue weighted by molar-refractivity contribution is -0.146. The third-order valence-electron chi connectivity index (χ3n) is 3.94. The van der Waals surface area contributed by atoms with Crippen LogP contribution in [0.4, 0.5) is 0 Å². The Kier molecular flexibility index (Phi) is 5.90. The molecule has 1 aliphatic heterocycles. The third-order valence-corrected chi connectivity index (χ3v) is 3.94. The molecule has 0 aromatic carbocycles. The summed E-state index contributed by atoms with van der Waals surface area (Å²) in [6.07, 6.45) is 2.87. The molecule has 1 fully saturated rings. The van der Waals surface area contributed by atoms with E-state index in [2.05, 4.69) is 5.10 Å². The number of aryl methyl sites for hydroxylation is 1. The quantitative estimate of drug-likeness (QED) is 0.752. The molecule has 1 unspecified atom stereocenters. The van der Waals surface area contributed by atoms with Crippen LogP contribution < -0.4 is 5.56 Å². The number of hydrogen-bond acceptors (Lipinski definition) is 5. The molecule has 1 saturated heterocycles. The van der Waals surface area contributed by atoms with E-state index < -0.39 is 0 Å². The monoisotopic (exact) mass is 321 g/mol. The minimum atomic E-state index is -0.303. The Morgan fingerprint density at radius 1 is 1.35 bits per heavy atom. The van der Waals surface area contributed by atoms with Gasteiger partial charge in [-0.1, -0.05) is 0 Å². The number of carbonyl (C=O) groups excluding carboxylic acids is 2. The molecule has 0 radical (unpaired) electrons. The first-order valence-corrected chi connectivity index (χ1v) is 8.01. The Morgan fingerprint density at radius 2 is 2.13 bits per heavy atom. The summed E-state index contributed by atoms with van der Waals surface area (Å²) in [5.74, 6) is -0.470. The normalized spacial score (nSPS) is 17.8. The molecule has 0 saturated carbocycles. The highest BCUT2D eigenvalue weighted by Gasteiger charge is 2.29. The summed E-state index contributed by atoms with van der Waals surface area (Å²) in [5, 5.41) is 4.09. The summed E-state index contributed by atoms with van der Waals surface area (Å²) in [5.41, 5.74) is 0.377. The summed E-state index contributed by atoms with van der Waals surface area (Å²) in [7, 11) is 0. The predicted molar refractivity (Wildman–Crippen MR) is 83.8 cm³/mol. The van der Waals surface area contributed by atoms with E-state index in [1.54, 1.807) is 24.8 Å².